The molecule has 59 heavy (non-hydrogen) atoms. The number of nitrogens with zero attached hydrogens (tertiary/aromatic N) is 1. The number of aromatic carboxylic acids is 1. The number of hydrogen-bond donors (Lipinski definition) is 2. The smallest absolute Gasteiger partial charge is 0.335 e. The molecule has 5 fully saturated rings. The van der Waals surface area contributed by atoms with Crippen molar-refractivity contribution in [2.24, 2.45) is 51.2 Å². The highest BCUT2D eigenvalue weighted by Gasteiger charge is 2.65. The van der Waals surface area contributed by atoms with Crippen molar-refractivity contribution < 1.29 is 19.4 Å². The van der Waals surface area contributed by atoms with Crippen LogP contribution < -0.4 is 5.32 Å². The lowest BCUT2D eigenvalue weighted by atomic mass is 9.36. The fourth-order valence-corrected chi connectivity index (χ4v) is 13.1. The average Bonchev–Trinajstić information content (AvgIpc) is 3.71. The molecule has 2 N–H and O–H groups in total. The van der Waals surface area contributed by atoms with Crippen molar-refractivity contribution in [3.63, 3.8) is 0 Å². The van der Waals surface area contributed by atoms with Gasteiger partial charge in [-0.15, -0.1) is 58.0 Å². The number of fused-ring (bicyclic) bond motifs is 7. The van der Waals surface area contributed by atoms with Gasteiger partial charge in [-0.25, -0.2) is 4.79 Å². The Kier molecular flexibility index (Phi) is 22.2. The number of benzene rings is 1. The van der Waals surface area contributed by atoms with Crippen molar-refractivity contribution >= 4 is 17.4 Å². The number of terminal acetylenes is 4. The summed E-state index contributed by atoms with van der Waals surface area (Å²) >= 11 is 0. The van der Waals surface area contributed by atoms with Gasteiger partial charge in [0, 0.05) is 32.6 Å². The van der Waals surface area contributed by atoms with E-state index in [0.717, 1.165) is 56.3 Å². The third kappa shape index (κ3) is 11.1. The van der Waals surface area contributed by atoms with Crippen LogP contribution in [0.1, 0.15) is 135 Å². The normalized spacial score (nSPS) is 31.5. The predicted molar refractivity (Wildman–Crippen MR) is 249 cm³/mol. The number of allylic oxidation sites excluding steroid dienone is 3. The molecule has 4 unspecified atom stereocenters. The summed E-state index contributed by atoms with van der Waals surface area (Å²) in [6, 6.07) is 7.61. The minimum atomic E-state index is -0.858. The first-order valence-corrected chi connectivity index (χ1v) is 21.9. The zero-order valence-corrected chi connectivity index (χ0v) is 37.8. The number of hydrogen-bond acceptors (Lipinski definition) is 4. The number of ether oxygens (including phenoxy) is 1. The lowest BCUT2D eigenvalue weighted by Gasteiger charge is -2.68. The number of rotatable bonds is 7. The van der Waals surface area contributed by atoms with Crippen molar-refractivity contribution in [2.45, 2.75) is 119 Å². The molecule has 6 nitrogen and oxygen atoms in total. The number of amides is 1. The van der Waals surface area contributed by atoms with Crippen LogP contribution in [0.15, 0.2) is 43.0 Å². The molecule has 5 aliphatic carbocycles. The maximum absolute atomic E-state index is 12.7. The summed E-state index contributed by atoms with van der Waals surface area (Å²) in [4.78, 5) is 26.2. The maximum Gasteiger partial charge on any atom is 0.335 e. The summed E-state index contributed by atoms with van der Waals surface area (Å²) in [6.07, 6.45) is 50.3. The van der Waals surface area contributed by atoms with Crippen LogP contribution in [0, 0.1) is 103 Å². The molecule has 6 aliphatic rings. The van der Waals surface area contributed by atoms with Crippen LogP contribution >= 0.6 is 0 Å². The van der Waals surface area contributed by atoms with E-state index < -0.39 is 5.97 Å². The topological polar surface area (TPSA) is 78.9 Å². The van der Waals surface area contributed by atoms with Crippen molar-refractivity contribution in [1.29, 1.82) is 0 Å². The van der Waals surface area contributed by atoms with Gasteiger partial charge in [0.25, 0.3) is 0 Å². The van der Waals surface area contributed by atoms with E-state index in [-0.39, 0.29) is 11.3 Å². The number of carboxylic acid groups (broad SMARTS) is 1. The minimum Gasteiger partial charge on any atom is -0.478 e. The molecule has 0 radical (unpaired) electrons. The van der Waals surface area contributed by atoms with Gasteiger partial charge in [0.2, 0.25) is 5.91 Å². The monoisotopic (exact) mass is 807 g/mol. The molecule has 324 valence electrons. The van der Waals surface area contributed by atoms with Crippen LogP contribution in [0.3, 0.4) is 0 Å². The van der Waals surface area contributed by atoms with E-state index in [1.807, 2.05) is 37.8 Å². The molecule has 7 rings (SSSR count). The third-order valence-corrected chi connectivity index (χ3v) is 15.1. The van der Waals surface area contributed by atoms with Gasteiger partial charge in [-0.05, 0) is 139 Å². The van der Waals surface area contributed by atoms with Crippen LogP contribution in [0.2, 0.25) is 0 Å². The summed E-state index contributed by atoms with van der Waals surface area (Å²) in [5.41, 5.74) is 4.15. The summed E-state index contributed by atoms with van der Waals surface area (Å²) in [6.45, 7) is 24.3. The summed E-state index contributed by atoms with van der Waals surface area (Å²) in [7, 11) is 0. The number of carbonyl (C=O) groups is 2. The van der Waals surface area contributed by atoms with E-state index >= 15 is 0 Å². The number of carbonyl (C=O) groups excluding carboxylic acids is 1. The van der Waals surface area contributed by atoms with Crippen molar-refractivity contribution in [1.82, 2.24) is 10.2 Å². The second kappa shape index (κ2) is 24.8. The lowest BCUT2D eigenvalue weighted by molar-refractivity contribution is -0.177. The SMILES string of the molecule is C#C.C#C.C#C.C#C.C=CC.CC.CC1(C)C(c2ccc(C(=O)O)cc2)=CC[C@@]2(C)C1CC[C@@]1(C)C3CC[C@@]4(CNCCC(=O)N5CCOCC5)CCCC4[C@H]3CCC12. The Morgan fingerprint density at radius 1 is 0.831 bits per heavy atom. The Bertz CT molecular complexity index is 1550. The zero-order chi connectivity index (χ0) is 45.0. The van der Waals surface area contributed by atoms with Gasteiger partial charge in [0.1, 0.15) is 0 Å². The van der Waals surface area contributed by atoms with E-state index in [1.54, 1.807) is 18.2 Å². The molecule has 0 aromatic heterocycles. The first kappa shape index (κ1) is 52.8. The molecule has 1 heterocycles. The van der Waals surface area contributed by atoms with E-state index in [1.165, 1.54) is 68.9 Å². The fraction of sp³-hybridized carbons (Fsp3) is 0.623. The Morgan fingerprint density at radius 2 is 1.42 bits per heavy atom. The molecule has 4 saturated carbocycles. The van der Waals surface area contributed by atoms with Crippen LogP contribution in [-0.2, 0) is 9.53 Å². The number of morpholine rings is 1. The molecule has 0 bridgehead atoms. The Morgan fingerprint density at radius 3 is 2.00 bits per heavy atom. The largest absolute Gasteiger partial charge is 0.478 e. The first-order chi connectivity index (χ1) is 28.4. The van der Waals surface area contributed by atoms with Gasteiger partial charge in [0.05, 0.1) is 18.8 Å². The lowest BCUT2D eigenvalue weighted by Crippen LogP contribution is -2.61. The Hall–Kier alpha value is -4.20. The molecule has 1 aromatic carbocycles. The standard InChI is InChI=1S/C40H58N2O4.C3H6.C2H6.4C2H2/c1-37(2)30(27-7-9-28(10-8-27)36(44)45)13-18-39(4)33(37)15-19-38(3)31-14-20-40(17-5-6-32(40)29(31)11-12-34(38)39)26-41-21-16-35(43)42-22-24-46-25-23-42;1-3-2;5*1-2/h7-10,13,29,31-34,41H,5-6,11-12,14-26H2,1-4H3,(H,44,45);3H,1H2,2H3;1-2H3;4*1-2H/t29-,31?,32?,33?,34?,38-,39-,40+;;;;;;/m0....../s1. The zero-order valence-electron chi connectivity index (χ0n) is 37.8. The highest BCUT2D eigenvalue weighted by Crippen LogP contribution is 2.73. The van der Waals surface area contributed by atoms with Gasteiger partial charge in [0.15, 0.2) is 0 Å². The number of carboxylic acids is 1. The van der Waals surface area contributed by atoms with E-state index in [9.17, 15) is 14.7 Å². The fourth-order valence-electron chi connectivity index (χ4n) is 13.1. The highest BCUT2D eigenvalue weighted by molar-refractivity contribution is 5.88. The van der Waals surface area contributed by atoms with Gasteiger partial charge in [-0.3, -0.25) is 4.79 Å². The Labute approximate surface area is 361 Å². The molecule has 1 aliphatic heterocycles. The van der Waals surface area contributed by atoms with E-state index in [2.05, 4.69) is 97.1 Å². The summed E-state index contributed by atoms with van der Waals surface area (Å²) in [5.74, 6) is 3.32. The maximum atomic E-state index is 12.7. The van der Waals surface area contributed by atoms with Gasteiger partial charge in [-0.1, -0.05) is 72.2 Å². The second-order valence-corrected chi connectivity index (χ2v) is 17.7. The molecule has 0 spiro atoms. The first-order valence-electron chi connectivity index (χ1n) is 21.9. The van der Waals surface area contributed by atoms with Crippen molar-refractivity contribution in [3.8, 4) is 51.4 Å². The van der Waals surface area contributed by atoms with Crippen LogP contribution in [0.25, 0.3) is 5.57 Å². The van der Waals surface area contributed by atoms with Gasteiger partial charge < -0.3 is 20.1 Å². The van der Waals surface area contributed by atoms with Crippen molar-refractivity contribution in [2.75, 3.05) is 39.4 Å². The molecule has 1 amide bonds. The molecule has 1 saturated heterocycles. The highest BCUT2D eigenvalue weighted by atomic mass is 16.5. The quantitative estimate of drug-likeness (QED) is 0.163. The van der Waals surface area contributed by atoms with E-state index in [4.69, 9.17) is 4.74 Å². The van der Waals surface area contributed by atoms with Crippen LogP contribution in [0.5, 0.6) is 0 Å². The van der Waals surface area contributed by atoms with E-state index in [0.29, 0.717) is 47.4 Å². The molecular formula is C53H78N2O4. The second-order valence-electron chi connectivity index (χ2n) is 17.7. The summed E-state index contributed by atoms with van der Waals surface area (Å²) in [5, 5.41) is 13.2. The predicted octanol–water partition coefficient (Wildman–Crippen LogP) is 10.9. The van der Waals surface area contributed by atoms with Gasteiger partial charge in [-0.2, -0.15) is 0 Å². The third-order valence-electron chi connectivity index (χ3n) is 15.1. The average molecular weight is 807 g/mol. The van der Waals surface area contributed by atoms with Crippen LogP contribution in [-0.4, -0.2) is 61.3 Å². The minimum absolute atomic E-state index is 0.0535. The molecule has 8 atom stereocenters. The van der Waals surface area contributed by atoms with Crippen molar-refractivity contribution in [3.05, 3.63) is 54.1 Å². The summed E-state index contributed by atoms with van der Waals surface area (Å²) < 4.78 is 5.43. The van der Waals surface area contributed by atoms with Gasteiger partial charge >= 0.3 is 5.97 Å². The van der Waals surface area contributed by atoms with Crippen LogP contribution in [0.4, 0.5) is 0 Å². The molecule has 1 aromatic rings. The Balaban J connectivity index is 0.00000122. The molecular weight excluding hydrogens is 729 g/mol. The number of nitrogens with one attached hydrogen (secondary N) is 1. The molecule has 6 heteroatoms.